The summed E-state index contributed by atoms with van der Waals surface area (Å²) in [5, 5.41) is 12.2. The van der Waals surface area contributed by atoms with E-state index in [1.54, 1.807) is 12.1 Å². The van der Waals surface area contributed by atoms with Gasteiger partial charge in [-0.15, -0.1) is 0 Å². The van der Waals surface area contributed by atoms with Crippen LogP contribution in [0.2, 0.25) is 0 Å². The van der Waals surface area contributed by atoms with E-state index < -0.39 is 17.6 Å². The molecule has 1 aliphatic heterocycles. The van der Waals surface area contributed by atoms with Crippen LogP contribution in [0.3, 0.4) is 0 Å². The molecule has 180 valence electrons. The summed E-state index contributed by atoms with van der Waals surface area (Å²) < 4.78 is 29.6. The molecular weight excluding hydrogens is 464 g/mol. The number of hydrogen-bond donors (Lipinski definition) is 3. The van der Waals surface area contributed by atoms with Crippen LogP contribution in [0.4, 0.5) is 26.2 Å². The van der Waals surface area contributed by atoms with Crippen molar-refractivity contribution in [1.82, 2.24) is 9.97 Å². The smallest absolute Gasteiger partial charge is 0.335 e. The van der Waals surface area contributed by atoms with Crippen LogP contribution < -0.4 is 11.1 Å². The summed E-state index contributed by atoms with van der Waals surface area (Å²) in [7, 11) is 0. The van der Waals surface area contributed by atoms with Crippen molar-refractivity contribution in [3.8, 4) is 11.3 Å². The number of nitrogens with one attached hydrogen (secondary N) is 1. The van der Waals surface area contributed by atoms with E-state index in [1.807, 2.05) is 25.1 Å². The van der Waals surface area contributed by atoms with Crippen LogP contribution >= 0.6 is 0 Å². The number of nitrogens with zero attached hydrogens (tertiary/aromatic N) is 3. The number of carboxylic acid groups (broad SMARTS) is 1. The molecule has 0 saturated carbocycles. The fraction of sp³-hybridized carbons (Fsp3) is 0.111. The molecule has 4 aromatic rings. The van der Waals surface area contributed by atoms with Crippen LogP contribution in [-0.2, 0) is 13.0 Å². The average Bonchev–Trinajstić information content (AvgIpc) is 3.01. The Morgan fingerprint density at radius 2 is 1.75 bits per heavy atom. The first-order valence-corrected chi connectivity index (χ1v) is 11.2. The van der Waals surface area contributed by atoms with Crippen molar-refractivity contribution in [1.29, 1.82) is 0 Å². The van der Waals surface area contributed by atoms with Gasteiger partial charge in [-0.05, 0) is 54.4 Å². The lowest BCUT2D eigenvalue weighted by molar-refractivity contribution is 0.0697. The minimum Gasteiger partial charge on any atom is -0.478 e. The van der Waals surface area contributed by atoms with E-state index in [-0.39, 0.29) is 35.1 Å². The molecule has 5 rings (SSSR count). The maximum Gasteiger partial charge on any atom is 0.335 e. The van der Waals surface area contributed by atoms with Gasteiger partial charge in [0.2, 0.25) is 5.95 Å². The van der Waals surface area contributed by atoms with Crippen molar-refractivity contribution in [2.24, 2.45) is 4.99 Å². The van der Waals surface area contributed by atoms with E-state index in [0.717, 1.165) is 12.0 Å². The first kappa shape index (κ1) is 23.1. The molecule has 3 aromatic carbocycles. The van der Waals surface area contributed by atoms with Gasteiger partial charge in [-0.3, -0.25) is 4.99 Å². The number of carboxylic acids is 1. The average molecular weight is 485 g/mol. The summed E-state index contributed by atoms with van der Waals surface area (Å²) >= 11 is 0. The Hall–Kier alpha value is -4.66. The zero-order valence-corrected chi connectivity index (χ0v) is 19.2. The van der Waals surface area contributed by atoms with E-state index in [0.29, 0.717) is 28.1 Å². The summed E-state index contributed by atoms with van der Waals surface area (Å²) in [5.41, 5.74) is 10.2. The number of nitrogen functional groups attached to an aromatic ring is 1. The highest BCUT2D eigenvalue weighted by molar-refractivity contribution is 6.17. The molecule has 0 saturated heterocycles. The van der Waals surface area contributed by atoms with Crippen LogP contribution in [0.5, 0.6) is 0 Å². The Morgan fingerprint density at radius 1 is 1.03 bits per heavy atom. The molecule has 0 aliphatic carbocycles. The van der Waals surface area contributed by atoms with Crippen molar-refractivity contribution in [2.45, 2.75) is 19.9 Å². The highest BCUT2D eigenvalue weighted by atomic mass is 19.1. The molecule has 0 unspecified atom stereocenters. The lowest BCUT2D eigenvalue weighted by Crippen LogP contribution is -2.10. The number of halogens is 2. The number of rotatable bonds is 5. The summed E-state index contributed by atoms with van der Waals surface area (Å²) in [6, 6.07) is 15.5. The van der Waals surface area contributed by atoms with E-state index in [2.05, 4.69) is 20.3 Å². The largest absolute Gasteiger partial charge is 0.478 e. The van der Waals surface area contributed by atoms with Gasteiger partial charge in [0.15, 0.2) is 0 Å². The maximum absolute atomic E-state index is 14.8. The van der Waals surface area contributed by atoms with Crippen LogP contribution in [0.15, 0.2) is 65.7 Å². The van der Waals surface area contributed by atoms with Crippen LogP contribution in [0.25, 0.3) is 11.3 Å². The van der Waals surface area contributed by atoms with Crippen molar-refractivity contribution in [3.63, 3.8) is 0 Å². The number of hydrogen-bond acceptors (Lipinski definition) is 6. The second kappa shape index (κ2) is 9.18. The third-order valence-electron chi connectivity index (χ3n) is 6.02. The lowest BCUT2D eigenvalue weighted by Gasteiger charge is -2.15. The molecule has 4 N–H and O–H groups in total. The van der Waals surface area contributed by atoms with Crippen LogP contribution in [-0.4, -0.2) is 26.8 Å². The van der Waals surface area contributed by atoms with Gasteiger partial charge in [-0.25, -0.2) is 18.6 Å². The zero-order chi connectivity index (χ0) is 25.4. The van der Waals surface area contributed by atoms with Crippen LogP contribution in [0, 0.1) is 11.6 Å². The second-order valence-electron chi connectivity index (χ2n) is 8.26. The van der Waals surface area contributed by atoms with Gasteiger partial charge in [0.05, 0.1) is 29.1 Å². The number of aromatic nitrogens is 2. The maximum atomic E-state index is 14.8. The summed E-state index contributed by atoms with van der Waals surface area (Å²) in [5.74, 6) is -2.08. The molecule has 0 radical (unpaired) electrons. The number of carbonyl (C=O) groups is 1. The van der Waals surface area contributed by atoms with E-state index in [1.165, 1.54) is 30.3 Å². The topological polar surface area (TPSA) is 113 Å². The van der Waals surface area contributed by atoms with E-state index in [4.69, 9.17) is 10.8 Å². The van der Waals surface area contributed by atoms with Crippen molar-refractivity contribution in [3.05, 3.63) is 100 Å². The van der Waals surface area contributed by atoms with Gasteiger partial charge in [-0.2, -0.15) is 4.98 Å². The third kappa shape index (κ3) is 4.15. The highest BCUT2D eigenvalue weighted by Crippen LogP contribution is 2.36. The lowest BCUT2D eigenvalue weighted by atomic mass is 9.92. The number of aliphatic imine (C=N–C) groups is 1. The number of fused-ring (bicyclic) bond motifs is 3. The minimum absolute atomic E-state index is 0.0357. The molecule has 1 aliphatic rings. The molecule has 0 bridgehead atoms. The van der Waals surface area contributed by atoms with Crippen molar-refractivity contribution >= 4 is 29.1 Å². The summed E-state index contributed by atoms with van der Waals surface area (Å²) in [4.78, 5) is 24.7. The Bertz CT molecular complexity index is 1510. The van der Waals surface area contributed by atoms with E-state index >= 15 is 0 Å². The van der Waals surface area contributed by atoms with Gasteiger partial charge in [0.25, 0.3) is 0 Å². The number of aryl methyl sites for hydroxylation is 1. The number of benzene rings is 3. The Balaban J connectivity index is 1.65. The molecule has 0 atom stereocenters. The Labute approximate surface area is 205 Å². The first-order chi connectivity index (χ1) is 17.4. The predicted octanol–water partition coefficient (Wildman–Crippen LogP) is 5.36. The number of aromatic carboxylic acids is 1. The SMILES string of the molecule is CCc1ccc2c(c1)C(c1c(F)cccc1F)=NCc1c(N)nc(Nc3ccc(C(=O)O)cc3)nc1-2. The second-order valence-corrected chi connectivity index (χ2v) is 8.26. The monoisotopic (exact) mass is 485 g/mol. The van der Waals surface area contributed by atoms with Crippen molar-refractivity contribution in [2.75, 3.05) is 11.1 Å². The van der Waals surface area contributed by atoms with Gasteiger partial charge in [0, 0.05) is 22.4 Å². The highest BCUT2D eigenvalue weighted by Gasteiger charge is 2.26. The standard InChI is InChI=1S/C27H21F2N5O2/c1-2-14-6-11-17-18(12-14)24(22-20(28)4-3-5-21(22)29)31-13-19-23(17)33-27(34-25(19)30)32-16-9-7-15(8-10-16)26(35)36/h3-12H,2,13H2,1H3,(H,35,36)(H3,30,32,33,34). The molecule has 7 nitrogen and oxygen atoms in total. The van der Waals surface area contributed by atoms with E-state index in [9.17, 15) is 13.6 Å². The summed E-state index contributed by atoms with van der Waals surface area (Å²) in [6.45, 7) is 2.03. The molecule has 0 spiro atoms. The third-order valence-corrected chi connectivity index (χ3v) is 6.02. The van der Waals surface area contributed by atoms with Crippen LogP contribution in [0.1, 0.15) is 39.5 Å². The fourth-order valence-electron chi connectivity index (χ4n) is 4.16. The normalized spacial score (nSPS) is 12.2. The minimum atomic E-state index is -1.03. The quantitative estimate of drug-likeness (QED) is 0.351. The first-order valence-electron chi connectivity index (χ1n) is 11.2. The zero-order valence-electron chi connectivity index (χ0n) is 19.2. The van der Waals surface area contributed by atoms with Gasteiger partial charge in [-0.1, -0.05) is 25.1 Å². The van der Waals surface area contributed by atoms with Gasteiger partial charge < -0.3 is 16.2 Å². The van der Waals surface area contributed by atoms with Crippen molar-refractivity contribution < 1.29 is 18.7 Å². The Kier molecular flexibility index (Phi) is 5.89. The molecule has 1 aromatic heterocycles. The molecule has 36 heavy (non-hydrogen) atoms. The Morgan fingerprint density at radius 3 is 2.42 bits per heavy atom. The fourth-order valence-corrected chi connectivity index (χ4v) is 4.16. The molecular formula is C27H21F2N5O2. The molecule has 0 fully saturated rings. The number of anilines is 3. The predicted molar refractivity (Wildman–Crippen MR) is 134 cm³/mol. The number of nitrogens with two attached hydrogens (primary N) is 1. The van der Waals surface area contributed by atoms with Gasteiger partial charge in [0.1, 0.15) is 17.5 Å². The molecule has 9 heteroatoms. The summed E-state index contributed by atoms with van der Waals surface area (Å²) in [6.07, 6.45) is 0.720. The molecule has 2 heterocycles. The molecule has 0 amide bonds. The van der Waals surface area contributed by atoms with Gasteiger partial charge >= 0.3 is 5.97 Å².